The lowest BCUT2D eigenvalue weighted by molar-refractivity contribution is 0.1000. The van der Waals surface area contributed by atoms with Crippen LogP contribution in [0.15, 0.2) is 53.5 Å². The van der Waals surface area contributed by atoms with Gasteiger partial charge < -0.3 is 16.0 Å². The monoisotopic (exact) mass is 358 g/mol. The summed E-state index contributed by atoms with van der Waals surface area (Å²) in [6, 6.07) is 15.0. The Bertz CT molecular complexity index is 761. The molecule has 0 radical (unpaired) electrons. The van der Waals surface area contributed by atoms with Crippen LogP contribution in [-0.4, -0.2) is 30.4 Å². The third kappa shape index (κ3) is 5.80. The van der Waals surface area contributed by atoms with Gasteiger partial charge in [0.15, 0.2) is 5.96 Å². The van der Waals surface area contributed by atoms with Crippen molar-refractivity contribution < 1.29 is 4.79 Å². The SMILES string of the molecule is CCNC(=NCc1cccc(C(N)=O)c1)N(C)Cc1cccc(Cl)c1. The van der Waals surface area contributed by atoms with E-state index in [-0.39, 0.29) is 0 Å². The summed E-state index contributed by atoms with van der Waals surface area (Å²) in [5.41, 5.74) is 7.86. The maximum atomic E-state index is 11.3. The summed E-state index contributed by atoms with van der Waals surface area (Å²) >= 11 is 6.05. The summed E-state index contributed by atoms with van der Waals surface area (Å²) in [5, 5.41) is 3.99. The van der Waals surface area contributed by atoms with Gasteiger partial charge in [-0.15, -0.1) is 0 Å². The number of rotatable bonds is 6. The number of nitrogens with one attached hydrogen (secondary N) is 1. The van der Waals surface area contributed by atoms with Crippen molar-refractivity contribution in [2.45, 2.75) is 20.0 Å². The van der Waals surface area contributed by atoms with E-state index < -0.39 is 5.91 Å². The second-order valence-electron chi connectivity index (χ2n) is 5.72. The molecule has 5 nitrogen and oxygen atoms in total. The van der Waals surface area contributed by atoms with Crippen molar-refractivity contribution in [3.8, 4) is 0 Å². The minimum absolute atomic E-state index is 0.434. The van der Waals surface area contributed by atoms with Gasteiger partial charge in [-0.3, -0.25) is 4.79 Å². The Morgan fingerprint density at radius 1 is 1.20 bits per heavy atom. The highest BCUT2D eigenvalue weighted by atomic mass is 35.5. The largest absolute Gasteiger partial charge is 0.366 e. The predicted molar refractivity (Wildman–Crippen MR) is 103 cm³/mol. The third-order valence-corrected chi connectivity index (χ3v) is 3.86. The fourth-order valence-electron chi connectivity index (χ4n) is 2.44. The fraction of sp³-hybridized carbons (Fsp3) is 0.263. The van der Waals surface area contributed by atoms with Gasteiger partial charge >= 0.3 is 0 Å². The van der Waals surface area contributed by atoms with Crippen LogP contribution < -0.4 is 11.1 Å². The van der Waals surface area contributed by atoms with Crippen LogP contribution in [0.2, 0.25) is 5.02 Å². The first kappa shape index (κ1) is 18.8. The standard InChI is InChI=1S/C19H23ClN4O/c1-3-22-19(24(2)13-15-7-5-9-17(20)11-15)23-12-14-6-4-8-16(10-14)18(21)25/h4-11H,3,12-13H2,1-2H3,(H2,21,25)(H,22,23). The molecule has 2 aromatic carbocycles. The van der Waals surface area contributed by atoms with Gasteiger partial charge in [0.2, 0.25) is 5.91 Å². The molecule has 3 N–H and O–H groups in total. The van der Waals surface area contributed by atoms with Gasteiger partial charge in [0.05, 0.1) is 6.54 Å². The number of hydrogen-bond acceptors (Lipinski definition) is 2. The van der Waals surface area contributed by atoms with E-state index in [1.165, 1.54) is 0 Å². The number of guanidine groups is 1. The van der Waals surface area contributed by atoms with Crippen molar-refractivity contribution in [2.24, 2.45) is 10.7 Å². The molecule has 0 atom stereocenters. The average molecular weight is 359 g/mol. The first-order chi connectivity index (χ1) is 12.0. The zero-order valence-electron chi connectivity index (χ0n) is 14.5. The number of nitrogens with zero attached hydrogens (tertiary/aromatic N) is 2. The van der Waals surface area contributed by atoms with Gasteiger partial charge in [0.1, 0.15) is 0 Å². The number of carbonyl (C=O) groups excluding carboxylic acids is 1. The quantitative estimate of drug-likeness (QED) is 0.616. The van der Waals surface area contributed by atoms with Gasteiger partial charge in [-0.05, 0) is 42.3 Å². The molecule has 0 saturated heterocycles. The second-order valence-corrected chi connectivity index (χ2v) is 6.16. The lowest BCUT2D eigenvalue weighted by atomic mass is 10.1. The van der Waals surface area contributed by atoms with Gasteiger partial charge in [0, 0.05) is 30.7 Å². The topological polar surface area (TPSA) is 70.7 Å². The van der Waals surface area contributed by atoms with Crippen LogP contribution in [0.5, 0.6) is 0 Å². The van der Waals surface area contributed by atoms with E-state index in [4.69, 9.17) is 17.3 Å². The molecule has 0 bridgehead atoms. The number of nitrogens with two attached hydrogens (primary N) is 1. The predicted octanol–water partition coefficient (Wildman–Crippen LogP) is 3.04. The first-order valence-corrected chi connectivity index (χ1v) is 8.50. The molecule has 0 unspecified atom stereocenters. The van der Waals surface area contributed by atoms with Crippen LogP contribution in [0.25, 0.3) is 0 Å². The van der Waals surface area contributed by atoms with Crippen molar-refractivity contribution in [2.75, 3.05) is 13.6 Å². The summed E-state index contributed by atoms with van der Waals surface area (Å²) in [5.74, 6) is 0.350. The van der Waals surface area contributed by atoms with Crippen LogP contribution in [-0.2, 0) is 13.1 Å². The van der Waals surface area contributed by atoms with E-state index >= 15 is 0 Å². The number of hydrogen-bond donors (Lipinski definition) is 2. The lowest BCUT2D eigenvalue weighted by Crippen LogP contribution is -2.38. The number of aliphatic imine (C=N–C) groups is 1. The number of primary amides is 1. The Kier molecular flexibility index (Phi) is 6.83. The molecule has 0 fully saturated rings. The average Bonchev–Trinajstić information content (AvgIpc) is 2.58. The number of amides is 1. The molecule has 0 aliphatic carbocycles. The highest BCUT2D eigenvalue weighted by Gasteiger charge is 2.07. The van der Waals surface area contributed by atoms with E-state index in [2.05, 4.69) is 10.3 Å². The van der Waals surface area contributed by atoms with Gasteiger partial charge in [-0.2, -0.15) is 0 Å². The minimum Gasteiger partial charge on any atom is -0.366 e. The molecule has 132 valence electrons. The zero-order valence-corrected chi connectivity index (χ0v) is 15.3. The lowest BCUT2D eigenvalue weighted by Gasteiger charge is -2.22. The summed E-state index contributed by atoms with van der Waals surface area (Å²) in [7, 11) is 1.97. The summed E-state index contributed by atoms with van der Waals surface area (Å²) in [6.07, 6.45) is 0. The maximum Gasteiger partial charge on any atom is 0.248 e. The Hall–Kier alpha value is -2.53. The Labute approximate surface area is 153 Å². The fourth-order valence-corrected chi connectivity index (χ4v) is 2.66. The molecule has 0 aromatic heterocycles. The Morgan fingerprint density at radius 2 is 1.92 bits per heavy atom. The molecule has 6 heteroatoms. The molecule has 0 heterocycles. The molecule has 0 aliphatic heterocycles. The Morgan fingerprint density at radius 3 is 2.60 bits per heavy atom. The summed E-state index contributed by atoms with van der Waals surface area (Å²) in [4.78, 5) is 18.0. The number of halogens is 1. The molecule has 2 aromatic rings. The van der Waals surface area contributed by atoms with Crippen LogP contribution in [0.1, 0.15) is 28.4 Å². The van der Waals surface area contributed by atoms with E-state index in [0.29, 0.717) is 18.7 Å². The van der Waals surface area contributed by atoms with Crippen LogP contribution in [0.3, 0.4) is 0 Å². The molecular weight excluding hydrogens is 336 g/mol. The summed E-state index contributed by atoms with van der Waals surface area (Å²) < 4.78 is 0. The van der Waals surface area contributed by atoms with Crippen LogP contribution in [0.4, 0.5) is 0 Å². The summed E-state index contributed by atoms with van der Waals surface area (Å²) in [6.45, 7) is 3.94. The number of benzene rings is 2. The molecule has 0 spiro atoms. The molecule has 1 amide bonds. The highest BCUT2D eigenvalue weighted by molar-refractivity contribution is 6.30. The van der Waals surface area contributed by atoms with Crippen LogP contribution >= 0.6 is 11.6 Å². The van der Waals surface area contributed by atoms with Gasteiger partial charge in [-0.25, -0.2) is 4.99 Å². The molecule has 2 rings (SSSR count). The van der Waals surface area contributed by atoms with E-state index in [1.54, 1.807) is 12.1 Å². The number of carbonyl (C=O) groups is 1. The second kappa shape index (κ2) is 9.08. The molecule has 0 saturated carbocycles. The smallest absolute Gasteiger partial charge is 0.248 e. The van der Waals surface area contributed by atoms with E-state index in [9.17, 15) is 4.79 Å². The van der Waals surface area contributed by atoms with Crippen molar-refractivity contribution >= 4 is 23.5 Å². The zero-order chi connectivity index (χ0) is 18.2. The first-order valence-electron chi connectivity index (χ1n) is 8.12. The van der Waals surface area contributed by atoms with Crippen molar-refractivity contribution in [3.05, 3.63) is 70.2 Å². The van der Waals surface area contributed by atoms with Gasteiger partial charge in [0.25, 0.3) is 0 Å². The van der Waals surface area contributed by atoms with Crippen molar-refractivity contribution in [3.63, 3.8) is 0 Å². The van der Waals surface area contributed by atoms with Crippen LogP contribution in [0, 0.1) is 0 Å². The normalized spacial score (nSPS) is 11.2. The maximum absolute atomic E-state index is 11.3. The Balaban J connectivity index is 2.11. The molecular formula is C19H23ClN4O. The minimum atomic E-state index is -0.434. The van der Waals surface area contributed by atoms with E-state index in [0.717, 1.165) is 28.7 Å². The highest BCUT2D eigenvalue weighted by Crippen LogP contribution is 2.12. The molecule has 25 heavy (non-hydrogen) atoms. The van der Waals surface area contributed by atoms with E-state index in [1.807, 2.05) is 55.3 Å². The third-order valence-electron chi connectivity index (χ3n) is 3.63. The van der Waals surface area contributed by atoms with Gasteiger partial charge in [-0.1, -0.05) is 35.9 Å². The molecule has 0 aliphatic rings. The van der Waals surface area contributed by atoms with Crippen molar-refractivity contribution in [1.82, 2.24) is 10.2 Å². The van der Waals surface area contributed by atoms with Crippen molar-refractivity contribution in [1.29, 1.82) is 0 Å².